The number of carboxylic acid groups (broad SMARTS) is 1. The van der Waals surface area contributed by atoms with Gasteiger partial charge >= 0.3 is 5.97 Å². The number of hydrogen-bond acceptors (Lipinski definition) is 5. The van der Waals surface area contributed by atoms with Crippen molar-refractivity contribution in [3.63, 3.8) is 0 Å². The number of aromatic nitrogens is 4. The molecular formula is C11H20N4O3. The molecular weight excluding hydrogens is 236 g/mol. The fraction of sp³-hybridized carbons (Fsp3) is 0.818. The van der Waals surface area contributed by atoms with Crippen LogP contribution in [0.2, 0.25) is 0 Å². The summed E-state index contributed by atoms with van der Waals surface area (Å²) in [6, 6.07) is 0. The highest BCUT2D eigenvalue weighted by Crippen LogP contribution is 2.11. The lowest BCUT2D eigenvalue weighted by Gasteiger charge is -2.13. The average Bonchev–Trinajstić information content (AvgIpc) is 2.75. The molecule has 0 aliphatic carbocycles. The lowest BCUT2D eigenvalue weighted by Crippen LogP contribution is -2.17. The molecule has 0 saturated heterocycles. The Bertz CT molecular complexity index is 367. The fourth-order valence-electron chi connectivity index (χ4n) is 1.61. The Kier molecular flexibility index (Phi) is 6.27. The zero-order valence-electron chi connectivity index (χ0n) is 10.9. The maximum atomic E-state index is 10.7. The zero-order chi connectivity index (χ0) is 13.4. The largest absolute Gasteiger partial charge is 0.481 e. The first-order valence-electron chi connectivity index (χ1n) is 6.21. The first kappa shape index (κ1) is 14.6. The van der Waals surface area contributed by atoms with Crippen LogP contribution in [0.15, 0.2) is 0 Å². The summed E-state index contributed by atoms with van der Waals surface area (Å²) in [5.74, 6) is -0.109. The second kappa shape index (κ2) is 7.75. The van der Waals surface area contributed by atoms with E-state index >= 15 is 0 Å². The summed E-state index contributed by atoms with van der Waals surface area (Å²) >= 11 is 0. The van der Waals surface area contributed by atoms with E-state index in [9.17, 15) is 4.79 Å². The van der Waals surface area contributed by atoms with Gasteiger partial charge in [0.05, 0.1) is 0 Å². The van der Waals surface area contributed by atoms with Crippen LogP contribution in [0.5, 0.6) is 0 Å². The van der Waals surface area contributed by atoms with Gasteiger partial charge in [-0.05, 0) is 22.8 Å². The molecule has 0 radical (unpaired) electrons. The molecule has 0 fully saturated rings. The van der Waals surface area contributed by atoms with Crippen LogP contribution in [0.1, 0.15) is 38.9 Å². The molecule has 1 unspecified atom stereocenters. The van der Waals surface area contributed by atoms with Crippen molar-refractivity contribution in [2.24, 2.45) is 5.92 Å². The first-order valence-corrected chi connectivity index (χ1v) is 6.21. The summed E-state index contributed by atoms with van der Waals surface area (Å²) in [6.07, 6.45) is 1.85. The summed E-state index contributed by atoms with van der Waals surface area (Å²) in [6.45, 7) is 5.54. The quantitative estimate of drug-likeness (QED) is 0.665. The Balaban J connectivity index is 2.54. The van der Waals surface area contributed by atoms with Crippen molar-refractivity contribution in [1.29, 1.82) is 0 Å². The highest BCUT2D eigenvalue weighted by atomic mass is 16.5. The first-order chi connectivity index (χ1) is 8.67. The normalized spacial score (nSPS) is 12.6. The molecule has 0 bridgehead atoms. The van der Waals surface area contributed by atoms with E-state index in [-0.39, 0.29) is 12.3 Å². The van der Waals surface area contributed by atoms with E-state index in [0.29, 0.717) is 25.6 Å². The molecule has 1 heterocycles. The van der Waals surface area contributed by atoms with Gasteiger partial charge in [-0.2, -0.15) is 0 Å². The van der Waals surface area contributed by atoms with Gasteiger partial charge in [0, 0.05) is 19.6 Å². The van der Waals surface area contributed by atoms with Crippen LogP contribution >= 0.6 is 0 Å². The summed E-state index contributed by atoms with van der Waals surface area (Å²) in [5, 5.41) is 20.2. The monoisotopic (exact) mass is 256 g/mol. The SMILES string of the molecule is CCCOCc1nnnn1CC(CC)CC(=O)O. The van der Waals surface area contributed by atoms with E-state index < -0.39 is 5.97 Å². The molecule has 7 heteroatoms. The van der Waals surface area contributed by atoms with Crippen molar-refractivity contribution in [3.05, 3.63) is 5.82 Å². The predicted molar refractivity (Wildman–Crippen MR) is 63.8 cm³/mol. The third kappa shape index (κ3) is 4.79. The molecule has 1 atom stereocenters. The summed E-state index contributed by atoms with van der Waals surface area (Å²) in [5.41, 5.74) is 0. The van der Waals surface area contributed by atoms with Gasteiger partial charge in [0.15, 0.2) is 5.82 Å². The number of tetrazole rings is 1. The number of ether oxygens (including phenoxy) is 1. The van der Waals surface area contributed by atoms with Crippen LogP contribution in [0.3, 0.4) is 0 Å². The van der Waals surface area contributed by atoms with E-state index in [1.54, 1.807) is 4.68 Å². The van der Waals surface area contributed by atoms with Gasteiger partial charge in [-0.1, -0.05) is 20.3 Å². The number of nitrogens with zero attached hydrogens (tertiary/aromatic N) is 4. The molecule has 0 aliphatic heterocycles. The summed E-state index contributed by atoms with van der Waals surface area (Å²) in [4.78, 5) is 10.7. The van der Waals surface area contributed by atoms with E-state index in [0.717, 1.165) is 12.8 Å². The average molecular weight is 256 g/mol. The van der Waals surface area contributed by atoms with Crippen LogP contribution in [-0.4, -0.2) is 37.9 Å². The number of aliphatic carboxylic acids is 1. The molecule has 1 rings (SSSR count). The molecule has 1 aromatic rings. The van der Waals surface area contributed by atoms with Crippen molar-refractivity contribution in [2.75, 3.05) is 6.61 Å². The molecule has 18 heavy (non-hydrogen) atoms. The van der Waals surface area contributed by atoms with Crippen LogP contribution in [0, 0.1) is 5.92 Å². The van der Waals surface area contributed by atoms with E-state index in [1.807, 2.05) is 13.8 Å². The third-order valence-electron chi connectivity index (χ3n) is 2.66. The van der Waals surface area contributed by atoms with Crippen molar-refractivity contribution in [2.45, 2.75) is 46.3 Å². The van der Waals surface area contributed by atoms with Crippen LogP contribution in [0.25, 0.3) is 0 Å². The summed E-state index contributed by atoms with van der Waals surface area (Å²) in [7, 11) is 0. The van der Waals surface area contributed by atoms with Gasteiger partial charge in [0.25, 0.3) is 0 Å². The minimum atomic E-state index is -0.793. The Morgan fingerprint density at radius 1 is 1.50 bits per heavy atom. The minimum absolute atomic E-state index is 0.0379. The third-order valence-corrected chi connectivity index (χ3v) is 2.66. The Morgan fingerprint density at radius 2 is 2.28 bits per heavy atom. The van der Waals surface area contributed by atoms with Crippen molar-refractivity contribution in [3.8, 4) is 0 Å². The molecule has 1 N–H and O–H groups in total. The van der Waals surface area contributed by atoms with Crippen molar-refractivity contribution < 1.29 is 14.6 Å². The molecule has 0 aromatic carbocycles. The van der Waals surface area contributed by atoms with Gasteiger partial charge in [-0.25, -0.2) is 4.68 Å². The predicted octanol–water partition coefficient (Wildman–Crippen LogP) is 1.10. The zero-order valence-corrected chi connectivity index (χ0v) is 10.9. The van der Waals surface area contributed by atoms with E-state index in [1.165, 1.54) is 0 Å². The Hall–Kier alpha value is -1.50. The maximum absolute atomic E-state index is 10.7. The topological polar surface area (TPSA) is 90.1 Å². The van der Waals surface area contributed by atoms with E-state index in [4.69, 9.17) is 9.84 Å². The van der Waals surface area contributed by atoms with Crippen LogP contribution < -0.4 is 0 Å². The van der Waals surface area contributed by atoms with Gasteiger partial charge in [0.1, 0.15) is 6.61 Å². The summed E-state index contributed by atoms with van der Waals surface area (Å²) < 4.78 is 7.02. The molecule has 0 spiro atoms. The number of hydrogen-bond donors (Lipinski definition) is 1. The fourth-order valence-corrected chi connectivity index (χ4v) is 1.61. The standard InChI is InChI=1S/C11H20N4O3/c1-3-5-18-8-10-12-13-14-15(10)7-9(4-2)6-11(16)17/h9H,3-8H2,1-2H3,(H,16,17). The van der Waals surface area contributed by atoms with Gasteiger partial charge in [-0.15, -0.1) is 5.10 Å². The number of carboxylic acids is 1. The Morgan fingerprint density at radius 3 is 2.89 bits per heavy atom. The van der Waals surface area contributed by atoms with Gasteiger partial charge in [-0.3, -0.25) is 4.79 Å². The molecule has 0 saturated carbocycles. The lowest BCUT2D eigenvalue weighted by atomic mass is 10.0. The smallest absolute Gasteiger partial charge is 0.303 e. The minimum Gasteiger partial charge on any atom is -0.481 e. The van der Waals surface area contributed by atoms with Gasteiger partial charge in [0.2, 0.25) is 0 Å². The van der Waals surface area contributed by atoms with Crippen molar-refractivity contribution >= 4 is 5.97 Å². The van der Waals surface area contributed by atoms with Crippen LogP contribution in [-0.2, 0) is 22.7 Å². The molecule has 0 aliphatic rings. The van der Waals surface area contributed by atoms with Crippen molar-refractivity contribution in [1.82, 2.24) is 20.2 Å². The van der Waals surface area contributed by atoms with E-state index in [2.05, 4.69) is 15.5 Å². The van der Waals surface area contributed by atoms with Gasteiger partial charge < -0.3 is 9.84 Å². The molecule has 0 amide bonds. The van der Waals surface area contributed by atoms with Crippen LogP contribution in [0.4, 0.5) is 0 Å². The molecule has 7 nitrogen and oxygen atoms in total. The highest BCUT2D eigenvalue weighted by Gasteiger charge is 2.15. The maximum Gasteiger partial charge on any atom is 0.303 e. The number of carbonyl (C=O) groups is 1. The Labute approximate surface area is 106 Å². The second-order valence-corrected chi connectivity index (χ2v) is 4.20. The highest BCUT2D eigenvalue weighted by molar-refractivity contribution is 5.66. The lowest BCUT2D eigenvalue weighted by molar-refractivity contribution is -0.138. The molecule has 102 valence electrons. The number of rotatable bonds is 9. The second-order valence-electron chi connectivity index (χ2n) is 4.20. The molecule has 1 aromatic heterocycles.